The third kappa shape index (κ3) is 5.34. The lowest BCUT2D eigenvalue weighted by Crippen LogP contribution is -2.44. The summed E-state index contributed by atoms with van der Waals surface area (Å²) in [4.78, 5) is 24.6. The van der Waals surface area contributed by atoms with E-state index in [0.29, 0.717) is 44.3 Å². The van der Waals surface area contributed by atoms with Crippen LogP contribution in [0.1, 0.15) is 18.5 Å². The van der Waals surface area contributed by atoms with E-state index < -0.39 is 10.0 Å². The molecule has 0 bridgehead atoms. The third-order valence-corrected chi connectivity index (χ3v) is 11.3. The van der Waals surface area contributed by atoms with Gasteiger partial charge in [-0.1, -0.05) is 40.6 Å². The van der Waals surface area contributed by atoms with Crippen molar-refractivity contribution in [1.29, 1.82) is 0 Å². The molecule has 4 aromatic rings. The molecule has 0 N–H and O–H groups in total. The van der Waals surface area contributed by atoms with Crippen molar-refractivity contribution in [2.45, 2.75) is 23.6 Å². The molecule has 37 heavy (non-hydrogen) atoms. The second-order valence-corrected chi connectivity index (χ2v) is 13.7. The lowest BCUT2D eigenvalue weighted by molar-refractivity contribution is -0.123. The zero-order valence-electron chi connectivity index (χ0n) is 19.6. The van der Waals surface area contributed by atoms with Gasteiger partial charge < -0.3 is 4.74 Å². The van der Waals surface area contributed by atoms with Gasteiger partial charge >= 0.3 is 0 Å². The Morgan fingerprint density at radius 1 is 1.14 bits per heavy atom. The first-order chi connectivity index (χ1) is 17.8. The molecule has 1 saturated heterocycles. The normalized spacial score (nSPS) is 15.2. The fourth-order valence-corrected chi connectivity index (χ4v) is 8.61. The Morgan fingerprint density at radius 3 is 2.57 bits per heavy atom. The van der Waals surface area contributed by atoms with E-state index >= 15 is 0 Å². The maximum atomic E-state index is 13.9. The second kappa shape index (κ2) is 10.8. The van der Waals surface area contributed by atoms with Crippen LogP contribution < -0.4 is 9.64 Å². The maximum Gasteiger partial charge on any atom is 0.252 e. The van der Waals surface area contributed by atoms with Gasteiger partial charge in [0.15, 0.2) is 5.13 Å². The number of hydrogen-bond acceptors (Lipinski definition) is 8. The highest BCUT2D eigenvalue weighted by Gasteiger charge is 2.36. The van der Waals surface area contributed by atoms with Crippen molar-refractivity contribution >= 4 is 77.2 Å². The van der Waals surface area contributed by atoms with Crippen LogP contribution in [0.4, 0.5) is 5.13 Å². The molecule has 5 rings (SSSR count). The number of carbonyl (C=O) groups excluding carboxylic acids is 1. The first kappa shape index (κ1) is 26.3. The number of nitrogens with zero attached hydrogens (tertiary/aromatic N) is 4. The van der Waals surface area contributed by atoms with Gasteiger partial charge in [-0.25, -0.2) is 13.4 Å². The average molecular weight is 598 g/mol. The van der Waals surface area contributed by atoms with Crippen molar-refractivity contribution in [3.63, 3.8) is 0 Å². The van der Waals surface area contributed by atoms with Gasteiger partial charge in [0.25, 0.3) is 10.0 Å². The smallest absolute Gasteiger partial charge is 0.252 e. The van der Waals surface area contributed by atoms with Crippen LogP contribution in [0.15, 0.2) is 52.9 Å². The number of thiophene rings is 1. The number of aromatic nitrogens is 2. The molecule has 0 unspecified atom stereocenters. The van der Waals surface area contributed by atoms with E-state index in [-0.39, 0.29) is 35.7 Å². The van der Waals surface area contributed by atoms with Crippen LogP contribution in [0.25, 0.3) is 10.2 Å². The molecule has 13 heteroatoms. The fraction of sp³-hybridized carbons (Fsp3) is 0.292. The van der Waals surface area contributed by atoms with Gasteiger partial charge in [-0.3, -0.25) is 14.7 Å². The molecule has 3 aromatic heterocycles. The van der Waals surface area contributed by atoms with Crippen LogP contribution in [0.2, 0.25) is 9.36 Å². The molecule has 1 aromatic carbocycles. The number of fused-ring (bicyclic) bond motifs is 1. The van der Waals surface area contributed by atoms with E-state index in [9.17, 15) is 13.2 Å². The molecule has 0 atom stereocenters. The molecule has 0 spiro atoms. The van der Waals surface area contributed by atoms with Gasteiger partial charge in [-0.05, 0) is 49.2 Å². The quantitative estimate of drug-likeness (QED) is 0.271. The fourth-order valence-electron chi connectivity index (χ4n) is 4.24. The van der Waals surface area contributed by atoms with Crippen LogP contribution in [-0.2, 0) is 21.4 Å². The summed E-state index contributed by atoms with van der Waals surface area (Å²) in [6, 6.07) is 12.1. The van der Waals surface area contributed by atoms with Crippen molar-refractivity contribution in [3.8, 4) is 5.75 Å². The van der Waals surface area contributed by atoms with Crippen molar-refractivity contribution in [2.75, 3.05) is 25.1 Å². The monoisotopic (exact) mass is 596 g/mol. The lowest BCUT2D eigenvalue weighted by Gasteiger charge is -2.32. The summed E-state index contributed by atoms with van der Waals surface area (Å²) < 4.78 is 34.2. The van der Waals surface area contributed by atoms with E-state index in [4.69, 9.17) is 32.9 Å². The molecule has 1 fully saturated rings. The van der Waals surface area contributed by atoms with Crippen LogP contribution in [0, 0.1) is 5.92 Å². The van der Waals surface area contributed by atoms with Crippen molar-refractivity contribution in [3.05, 3.63) is 63.7 Å². The Hall–Kier alpha value is -2.28. The number of methoxy groups -OCH3 is 1. The van der Waals surface area contributed by atoms with Crippen LogP contribution >= 0.6 is 45.9 Å². The average Bonchev–Trinajstić information content (AvgIpc) is 3.56. The molecule has 1 aliphatic heterocycles. The highest BCUT2D eigenvalue weighted by molar-refractivity contribution is 7.91. The Bertz CT molecular complexity index is 1530. The summed E-state index contributed by atoms with van der Waals surface area (Å²) >= 11 is 14.7. The van der Waals surface area contributed by atoms with Crippen LogP contribution in [0.5, 0.6) is 5.75 Å². The Labute approximate surface area is 232 Å². The van der Waals surface area contributed by atoms with Gasteiger partial charge in [-0.15, -0.1) is 11.3 Å². The Morgan fingerprint density at radius 2 is 1.92 bits per heavy atom. The van der Waals surface area contributed by atoms with Crippen molar-refractivity contribution < 1.29 is 17.9 Å². The minimum absolute atomic E-state index is 0.129. The summed E-state index contributed by atoms with van der Waals surface area (Å²) in [5.74, 6) is 0.0711. The zero-order chi connectivity index (χ0) is 26.2. The highest BCUT2D eigenvalue weighted by atomic mass is 35.5. The van der Waals surface area contributed by atoms with Gasteiger partial charge in [0.1, 0.15) is 15.5 Å². The number of pyridine rings is 1. The summed E-state index contributed by atoms with van der Waals surface area (Å²) in [5, 5.41) is 1.01. The van der Waals surface area contributed by atoms with E-state index in [1.807, 2.05) is 18.2 Å². The van der Waals surface area contributed by atoms with Crippen LogP contribution in [0.3, 0.4) is 0 Å². The van der Waals surface area contributed by atoms with E-state index in [0.717, 1.165) is 16.0 Å². The SMILES string of the molecule is COc1ccc(Cl)c2sc(N(Cc3ccccn3)C(=O)C3CCN(S(=O)(=O)c4ccc(Cl)s4)CC3)nc12. The molecule has 8 nitrogen and oxygen atoms in total. The minimum atomic E-state index is -3.65. The Kier molecular flexibility index (Phi) is 7.71. The molecule has 0 aliphatic carbocycles. The minimum Gasteiger partial charge on any atom is -0.494 e. The van der Waals surface area contributed by atoms with Crippen molar-refractivity contribution in [2.24, 2.45) is 5.92 Å². The molecular weight excluding hydrogens is 575 g/mol. The zero-order valence-corrected chi connectivity index (χ0v) is 23.6. The molecular formula is C24H22Cl2N4O4S3. The number of carbonyl (C=O) groups is 1. The molecule has 1 amide bonds. The second-order valence-electron chi connectivity index (χ2n) is 8.41. The number of hydrogen-bond donors (Lipinski definition) is 0. The maximum absolute atomic E-state index is 13.9. The number of anilines is 1. The number of ether oxygens (including phenoxy) is 1. The third-order valence-electron chi connectivity index (χ3n) is 6.16. The van der Waals surface area contributed by atoms with Gasteiger partial charge in [0.2, 0.25) is 5.91 Å². The first-order valence-corrected chi connectivity index (χ1v) is 15.2. The van der Waals surface area contributed by atoms with Gasteiger partial charge in [-0.2, -0.15) is 4.31 Å². The predicted molar refractivity (Wildman–Crippen MR) is 147 cm³/mol. The number of sulfonamides is 1. The first-order valence-electron chi connectivity index (χ1n) is 11.4. The predicted octanol–water partition coefficient (Wildman–Crippen LogP) is 5.70. The number of amides is 1. The van der Waals surface area contributed by atoms with E-state index in [2.05, 4.69) is 4.98 Å². The number of rotatable bonds is 7. The van der Waals surface area contributed by atoms with E-state index in [1.165, 1.54) is 21.7 Å². The number of thiazole rings is 1. The highest BCUT2D eigenvalue weighted by Crippen LogP contribution is 2.40. The number of piperidine rings is 1. The lowest BCUT2D eigenvalue weighted by atomic mass is 9.96. The number of benzene rings is 1. The summed E-state index contributed by atoms with van der Waals surface area (Å²) in [6.45, 7) is 0.710. The summed E-state index contributed by atoms with van der Waals surface area (Å²) in [5.41, 5.74) is 1.30. The molecule has 4 heterocycles. The summed E-state index contributed by atoms with van der Waals surface area (Å²) in [6.07, 6.45) is 2.46. The van der Waals surface area contributed by atoms with Gasteiger partial charge in [0, 0.05) is 25.2 Å². The topological polar surface area (TPSA) is 92.7 Å². The number of halogens is 2. The van der Waals surface area contributed by atoms with E-state index in [1.54, 1.807) is 36.4 Å². The van der Waals surface area contributed by atoms with Crippen molar-refractivity contribution in [1.82, 2.24) is 14.3 Å². The summed E-state index contributed by atoms with van der Waals surface area (Å²) in [7, 11) is -2.09. The molecule has 194 valence electrons. The standard InChI is InChI=1S/C24H22Cl2N4O4S3/c1-34-18-6-5-17(25)22-21(18)28-24(36-22)30(14-16-4-2-3-11-27-16)23(31)15-9-12-29(13-10-15)37(32,33)20-8-7-19(26)35-20/h2-8,11,15H,9-10,12-14H2,1H3. The van der Waals surface area contributed by atoms with Crippen LogP contribution in [-0.4, -0.2) is 48.8 Å². The van der Waals surface area contributed by atoms with Gasteiger partial charge in [0.05, 0.1) is 33.4 Å². The largest absolute Gasteiger partial charge is 0.494 e. The molecule has 1 aliphatic rings. The molecule has 0 radical (unpaired) electrons. The molecule has 0 saturated carbocycles. The Balaban J connectivity index is 1.41.